The van der Waals surface area contributed by atoms with Crippen LogP contribution in [0.25, 0.3) is 33.6 Å². The van der Waals surface area contributed by atoms with Gasteiger partial charge in [-0.05, 0) is 37.0 Å². The molecule has 0 radical (unpaired) electrons. The van der Waals surface area contributed by atoms with Crippen molar-refractivity contribution in [3.63, 3.8) is 0 Å². The fourth-order valence-corrected chi connectivity index (χ4v) is 8.82. The molecule has 0 saturated carbocycles. The van der Waals surface area contributed by atoms with E-state index in [-0.39, 0.29) is 28.9 Å². The molecular weight excluding hydrogens is 665 g/mol. The highest BCUT2D eigenvalue weighted by molar-refractivity contribution is 5.81. The maximum Gasteiger partial charge on any atom is 0.237 e. The highest BCUT2D eigenvalue weighted by Crippen LogP contribution is 2.47. The molecule has 9 rings (SSSR count). The van der Waals surface area contributed by atoms with E-state index in [0.29, 0.717) is 66.0 Å². The Morgan fingerprint density at radius 1 is 0.865 bits per heavy atom. The van der Waals surface area contributed by atoms with E-state index < -0.39 is 5.82 Å². The number of likely N-dealkylation sites (tertiary alicyclic amines) is 2. The molecule has 7 heterocycles. The van der Waals surface area contributed by atoms with E-state index in [9.17, 15) is 9.59 Å². The van der Waals surface area contributed by atoms with E-state index in [2.05, 4.69) is 20.4 Å². The number of rotatable bonds is 8. The van der Waals surface area contributed by atoms with Gasteiger partial charge in [0.1, 0.15) is 23.9 Å². The van der Waals surface area contributed by atoms with Crippen LogP contribution in [0.3, 0.4) is 0 Å². The summed E-state index contributed by atoms with van der Waals surface area (Å²) in [4.78, 5) is 42.5. The Morgan fingerprint density at radius 2 is 1.50 bits per heavy atom. The van der Waals surface area contributed by atoms with Crippen molar-refractivity contribution >= 4 is 11.8 Å². The number of hydrogen-bond donors (Lipinski definition) is 2. The summed E-state index contributed by atoms with van der Waals surface area (Å²) in [5.74, 6) is 1.29. The smallest absolute Gasteiger partial charge is 0.237 e. The third-order valence-corrected chi connectivity index (χ3v) is 11.4. The number of hydrogen-bond acceptors (Lipinski definition) is 10. The average molecular weight is 706 g/mol. The van der Waals surface area contributed by atoms with Gasteiger partial charge in [-0.15, -0.1) is 0 Å². The van der Waals surface area contributed by atoms with Gasteiger partial charge in [-0.2, -0.15) is 0 Å². The Labute approximate surface area is 300 Å². The number of nitrogens with one attached hydrogen (secondary N) is 2. The van der Waals surface area contributed by atoms with Crippen LogP contribution in [0.2, 0.25) is 0 Å². The number of methoxy groups -OCH3 is 2. The molecular formula is C39H40FN7O5. The molecule has 2 amide bonds. The van der Waals surface area contributed by atoms with E-state index in [1.165, 1.54) is 0 Å². The number of benzene rings is 2. The third kappa shape index (κ3) is 5.36. The van der Waals surface area contributed by atoms with Crippen molar-refractivity contribution in [2.45, 2.75) is 56.3 Å². The Bertz CT molecular complexity index is 2130. The van der Waals surface area contributed by atoms with Gasteiger partial charge in [0, 0.05) is 68.3 Å². The molecule has 4 aromatic rings. The van der Waals surface area contributed by atoms with Gasteiger partial charge in [0.2, 0.25) is 23.6 Å². The third-order valence-electron chi connectivity index (χ3n) is 11.4. The first-order valence-corrected chi connectivity index (χ1v) is 17.8. The molecule has 4 saturated heterocycles. The molecule has 1 atom stereocenters. The number of carbonyl (C=O) groups excluding carboxylic acids is 2. The van der Waals surface area contributed by atoms with Crippen LogP contribution in [-0.2, 0) is 16.1 Å². The van der Waals surface area contributed by atoms with E-state index >= 15 is 4.39 Å². The topological polar surface area (TPSA) is 131 Å². The summed E-state index contributed by atoms with van der Waals surface area (Å²) >= 11 is 0. The number of carbonyl (C=O) groups is 2. The minimum absolute atomic E-state index is 0.0593. The Morgan fingerprint density at radius 3 is 2.17 bits per heavy atom. The number of amides is 2. The summed E-state index contributed by atoms with van der Waals surface area (Å²) in [5, 5.41) is 6.25. The zero-order valence-electron chi connectivity index (χ0n) is 29.4. The molecule has 12 nitrogen and oxygen atoms in total. The van der Waals surface area contributed by atoms with Crippen molar-refractivity contribution in [1.82, 2.24) is 35.4 Å². The average Bonchev–Trinajstić information content (AvgIpc) is 3.84. The van der Waals surface area contributed by atoms with Crippen molar-refractivity contribution < 1.29 is 28.2 Å². The fraction of sp³-hybridized carbons (Fsp3) is 0.410. The summed E-state index contributed by atoms with van der Waals surface area (Å²) in [7, 11) is 3.15. The predicted molar refractivity (Wildman–Crippen MR) is 189 cm³/mol. The number of aromatic nitrogens is 3. The predicted octanol–water partition coefficient (Wildman–Crippen LogP) is 4.20. The zero-order chi connectivity index (χ0) is 35.8. The summed E-state index contributed by atoms with van der Waals surface area (Å²) in [6, 6.07) is 12.8. The Hall–Kier alpha value is -5.14. The van der Waals surface area contributed by atoms with Crippen molar-refractivity contribution in [2.75, 3.05) is 47.0 Å². The van der Waals surface area contributed by atoms with Crippen LogP contribution in [0, 0.1) is 12.7 Å². The summed E-state index contributed by atoms with van der Waals surface area (Å²) in [6.07, 6.45) is 4.58. The normalized spacial score (nSPS) is 21.3. The first-order valence-electron chi connectivity index (χ1n) is 17.8. The molecule has 2 N–H and O–H groups in total. The van der Waals surface area contributed by atoms with Crippen LogP contribution in [0.5, 0.6) is 17.5 Å². The van der Waals surface area contributed by atoms with E-state index in [4.69, 9.17) is 29.2 Å². The van der Waals surface area contributed by atoms with Gasteiger partial charge in [0.15, 0.2) is 0 Å². The van der Waals surface area contributed by atoms with Crippen molar-refractivity contribution in [3.05, 3.63) is 71.3 Å². The van der Waals surface area contributed by atoms with Gasteiger partial charge >= 0.3 is 0 Å². The second kappa shape index (κ2) is 12.2. The van der Waals surface area contributed by atoms with Gasteiger partial charge in [0.25, 0.3) is 0 Å². The van der Waals surface area contributed by atoms with E-state index in [0.717, 1.165) is 67.0 Å². The van der Waals surface area contributed by atoms with Crippen LogP contribution in [0.15, 0.2) is 48.7 Å². The lowest BCUT2D eigenvalue weighted by molar-refractivity contribution is -0.121. The molecule has 2 aromatic carbocycles. The fourth-order valence-electron chi connectivity index (χ4n) is 8.82. The summed E-state index contributed by atoms with van der Waals surface area (Å²) < 4.78 is 34.2. The molecule has 2 aromatic heterocycles. The molecule has 268 valence electrons. The van der Waals surface area contributed by atoms with Gasteiger partial charge in [-0.1, -0.05) is 30.3 Å². The standard InChI is InChI=1S/C39H40FN7O5/c1-22-23(6-4-7-24(22)28-15-41-29(36(43-28)50-2)16-46-18-38(19-46)12-10-32(48)44-38)25-8-5-9-26(35(25)40)27-14-31-34(37(42-27)51-3)30(17-52-31)47-20-39(21-47)13-11-33(49)45-39/h4-9,14-15,30H,10-13,16-21H2,1-3H3,(H,44,48)(H,45,49). The molecule has 5 aliphatic rings. The van der Waals surface area contributed by atoms with Crippen molar-refractivity contribution in [2.24, 2.45) is 0 Å². The molecule has 4 fully saturated rings. The maximum atomic E-state index is 16.6. The lowest BCUT2D eigenvalue weighted by Crippen LogP contribution is -2.67. The second-order valence-corrected chi connectivity index (χ2v) is 14.8. The molecule has 52 heavy (non-hydrogen) atoms. The molecule has 5 aliphatic heterocycles. The molecule has 0 aliphatic carbocycles. The van der Waals surface area contributed by atoms with E-state index in [1.807, 2.05) is 31.2 Å². The number of nitrogens with zero attached hydrogens (tertiary/aromatic N) is 5. The van der Waals surface area contributed by atoms with Crippen LogP contribution < -0.4 is 24.8 Å². The molecule has 13 heteroatoms. The minimum atomic E-state index is -0.404. The second-order valence-electron chi connectivity index (χ2n) is 14.8. The van der Waals surface area contributed by atoms with Gasteiger partial charge < -0.3 is 24.8 Å². The lowest BCUT2D eigenvalue weighted by atomic mass is 9.86. The van der Waals surface area contributed by atoms with Crippen LogP contribution in [0.1, 0.15) is 48.5 Å². The number of fused-ring (bicyclic) bond motifs is 1. The minimum Gasteiger partial charge on any atom is -0.491 e. The van der Waals surface area contributed by atoms with Crippen LogP contribution in [0.4, 0.5) is 4.39 Å². The first-order chi connectivity index (χ1) is 25.2. The summed E-state index contributed by atoms with van der Waals surface area (Å²) in [6.45, 7) is 6.00. The highest BCUT2D eigenvalue weighted by Gasteiger charge is 2.52. The number of halogens is 1. The Kier molecular flexibility index (Phi) is 7.70. The van der Waals surface area contributed by atoms with Gasteiger partial charge in [-0.25, -0.2) is 14.4 Å². The van der Waals surface area contributed by atoms with E-state index in [1.54, 1.807) is 38.6 Å². The van der Waals surface area contributed by atoms with Gasteiger partial charge in [0.05, 0.1) is 54.5 Å². The Balaban J connectivity index is 0.973. The molecule has 2 spiro atoms. The highest BCUT2D eigenvalue weighted by atomic mass is 19.1. The first kappa shape index (κ1) is 32.7. The monoisotopic (exact) mass is 705 g/mol. The SMILES string of the molecule is COc1nc(-c2cccc(-c3cccc(-c4cc5c(c(OC)n4)C(N4CC6(CCC(=O)N6)C4)CO5)c3F)c2C)cnc1CN1CC2(CCC(=O)N2)C1. The summed E-state index contributed by atoms with van der Waals surface area (Å²) in [5.41, 5.74) is 5.51. The number of pyridine rings is 1. The maximum absolute atomic E-state index is 16.6. The van der Waals surface area contributed by atoms with Crippen LogP contribution >= 0.6 is 0 Å². The largest absolute Gasteiger partial charge is 0.491 e. The van der Waals surface area contributed by atoms with Crippen LogP contribution in [-0.4, -0.2) is 94.6 Å². The molecule has 0 bridgehead atoms. The zero-order valence-corrected chi connectivity index (χ0v) is 29.4. The lowest BCUT2D eigenvalue weighted by Gasteiger charge is -2.50. The number of ether oxygens (including phenoxy) is 3. The van der Waals surface area contributed by atoms with Crippen molar-refractivity contribution in [1.29, 1.82) is 0 Å². The quantitative estimate of drug-likeness (QED) is 0.275. The van der Waals surface area contributed by atoms with Crippen molar-refractivity contribution in [3.8, 4) is 51.2 Å². The van der Waals surface area contributed by atoms with Gasteiger partial charge in [-0.3, -0.25) is 24.4 Å². The molecule has 1 unspecified atom stereocenters.